The van der Waals surface area contributed by atoms with Crippen LogP contribution in [-0.2, 0) is 9.53 Å². The van der Waals surface area contributed by atoms with Gasteiger partial charge in [-0.05, 0) is 12.5 Å². The Kier molecular flexibility index (Phi) is 4.68. The minimum Gasteiger partial charge on any atom is -0.377 e. The van der Waals surface area contributed by atoms with Crippen molar-refractivity contribution in [3.05, 3.63) is 47.7 Å². The summed E-state index contributed by atoms with van der Waals surface area (Å²) in [6.07, 6.45) is -1.14. The second-order valence-electron chi connectivity index (χ2n) is 5.48. The fourth-order valence-corrected chi connectivity index (χ4v) is 2.49. The second kappa shape index (κ2) is 6.89. The van der Waals surface area contributed by atoms with Crippen molar-refractivity contribution < 1.29 is 18.4 Å². The number of hydrogen-bond donors (Lipinski definition) is 2. The van der Waals surface area contributed by atoms with Gasteiger partial charge >= 0.3 is 0 Å². The molecule has 0 spiro atoms. The Bertz CT molecular complexity index is 662. The normalized spacial score (nSPS) is 22.0. The van der Waals surface area contributed by atoms with Gasteiger partial charge in [0.1, 0.15) is 18.0 Å². The Hall–Kier alpha value is -2.25. The zero-order valence-electron chi connectivity index (χ0n) is 12.7. The van der Waals surface area contributed by atoms with Gasteiger partial charge in [-0.3, -0.25) is 10.1 Å². The van der Waals surface area contributed by atoms with Gasteiger partial charge in [0, 0.05) is 6.07 Å². The first-order valence-corrected chi connectivity index (χ1v) is 7.40. The zero-order valence-corrected chi connectivity index (χ0v) is 12.7. The molecule has 1 fully saturated rings. The highest BCUT2D eigenvalue weighted by atomic mass is 19.1. The van der Waals surface area contributed by atoms with Crippen molar-refractivity contribution in [2.75, 3.05) is 18.5 Å². The van der Waals surface area contributed by atoms with Crippen molar-refractivity contribution in [3.63, 3.8) is 0 Å². The molecule has 1 saturated heterocycles. The Morgan fingerprint density at radius 3 is 2.74 bits per heavy atom. The average molecular weight is 319 g/mol. The smallest absolute Gasteiger partial charge is 0.247 e. The van der Waals surface area contributed by atoms with E-state index in [9.17, 15) is 9.18 Å². The number of aryl methyl sites for hydroxylation is 1. The number of amides is 1. The molecule has 3 rings (SSSR count). The van der Waals surface area contributed by atoms with Gasteiger partial charge < -0.3 is 14.6 Å². The van der Waals surface area contributed by atoms with Crippen LogP contribution in [-0.4, -0.2) is 36.5 Å². The molecule has 7 heteroatoms. The van der Waals surface area contributed by atoms with Crippen molar-refractivity contribution in [2.24, 2.45) is 0 Å². The highest BCUT2D eigenvalue weighted by molar-refractivity contribution is 5.94. The van der Waals surface area contributed by atoms with Crippen LogP contribution in [0, 0.1) is 6.92 Å². The predicted molar refractivity (Wildman–Crippen MR) is 81.7 cm³/mol. The molecule has 2 N–H and O–H groups in total. The molecule has 1 aromatic carbocycles. The van der Waals surface area contributed by atoms with Crippen molar-refractivity contribution in [3.8, 4) is 0 Å². The third-order valence-electron chi connectivity index (χ3n) is 3.67. The van der Waals surface area contributed by atoms with Crippen LogP contribution >= 0.6 is 0 Å². The van der Waals surface area contributed by atoms with E-state index in [1.165, 1.54) is 0 Å². The van der Waals surface area contributed by atoms with E-state index in [0.717, 1.165) is 5.56 Å². The van der Waals surface area contributed by atoms with Gasteiger partial charge in [-0.1, -0.05) is 35.5 Å². The van der Waals surface area contributed by atoms with Crippen molar-refractivity contribution >= 4 is 11.7 Å². The standard InChI is InChI=1S/C16H18FN3O3/c1-10-7-14(20-23-10)19-16(21)15(11-5-3-2-4-6-11)18-13-9-22-8-12(13)17/h2-7,12-13,15,18H,8-9H2,1H3,(H,19,20,21)/t12-,13-,15?/m1/s1. The minimum absolute atomic E-state index is 0.0449. The van der Waals surface area contributed by atoms with E-state index in [1.807, 2.05) is 30.3 Å². The Morgan fingerprint density at radius 2 is 2.13 bits per heavy atom. The fraction of sp³-hybridized carbons (Fsp3) is 0.375. The maximum Gasteiger partial charge on any atom is 0.247 e. The van der Waals surface area contributed by atoms with Crippen molar-refractivity contribution in [2.45, 2.75) is 25.2 Å². The first kappa shape index (κ1) is 15.6. The molecule has 1 aromatic heterocycles. The number of ether oxygens (including phenoxy) is 1. The number of carbonyl (C=O) groups is 1. The van der Waals surface area contributed by atoms with Gasteiger partial charge in [0.05, 0.1) is 19.3 Å². The monoisotopic (exact) mass is 319 g/mol. The van der Waals surface area contributed by atoms with E-state index in [0.29, 0.717) is 11.6 Å². The van der Waals surface area contributed by atoms with Crippen molar-refractivity contribution in [1.82, 2.24) is 10.5 Å². The summed E-state index contributed by atoms with van der Waals surface area (Å²) in [7, 11) is 0. The molecular weight excluding hydrogens is 301 g/mol. The highest BCUT2D eigenvalue weighted by Gasteiger charge is 2.33. The zero-order chi connectivity index (χ0) is 16.2. The number of anilines is 1. The van der Waals surface area contributed by atoms with E-state index in [-0.39, 0.29) is 19.1 Å². The summed E-state index contributed by atoms with van der Waals surface area (Å²) in [6, 6.07) is 9.53. The lowest BCUT2D eigenvalue weighted by Crippen LogP contribution is -2.44. The van der Waals surface area contributed by atoms with Gasteiger partial charge in [0.15, 0.2) is 5.82 Å². The molecule has 0 aliphatic carbocycles. The number of halogens is 1. The molecule has 1 aliphatic heterocycles. The van der Waals surface area contributed by atoms with Gasteiger partial charge in [-0.25, -0.2) is 4.39 Å². The average Bonchev–Trinajstić information content (AvgIpc) is 3.14. The number of carbonyl (C=O) groups excluding carboxylic acids is 1. The first-order valence-electron chi connectivity index (χ1n) is 7.40. The van der Waals surface area contributed by atoms with Crippen LogP contribution in [0.3, 0.4) is 0 Å². The number of alkyl halides is 1. The number of nitrogens with zero attached hydrogens (tertiary/aromatic N) is 1. The van der Waals surface area contributed by atoms with Gasteiger partial charge in [-0.2, -0.15) is 0 Å². The molecule has 0 saturated carbocycles. The van der Waals surface area contributed by atoms with Crippen LogP contribution in [0.5, 0.6) is 0 Å². The third-order valence-corrected chi connectivity index (χ3v) is 3.67. The van der Waals surface area contributed by atoms with Gasteiger partial charge in [0.25, 0.3) is 0 Å². The van der Waals surface area contributed by atoms with Crippen LogP contribution in [0.2, 0.25) is 0 Å². The number of hydrogen-bond acceptors (Lipinski definition) is 5. The highest BCUT2D eigenvalue weighted by Crippen LogP contribution is 2.20. The molecule has 0 bridgehead atoms. The molecule has 2 aromatic rings. The maximum atomic E-state index is 13.8. The fourth-order valence-electron chi connectivity index (χ4n) is 2.49. The molecule has 122 valence electrons. The maximum absolute atomic E-state index is 13.8. The number of nitrogens with one attached hydrogen (secondary N) is 2. The molecule has 1 aliphatic rings. The molecular formula is C16H18FN3O3. The Balaban J connectivity index is 1.78. The topological polar surface area (TPSA) is 76.4 Å². The summed E-state index contributed by atoms with van der Waals surface area (Å²) in [5.74, 6) is 0.593. The minimum atomic E-state index is -1.14. The van der Waals surface area contributed by atoms with Crippen LogP contribution in [0.15, 0.2) is 40.9 Å². The van der Waals surface area contributed by atoms with Gasteiger partial charge in [-0.15, -0.1) is 0 Å². The summed E-state index contributed by atoms with van der Waals surface area (Å²) in [4.78, 5) is 12.6. The summed E-state index contributed by atoms with van der Waals surface area (Å²) in [6.45, 7) is 2.02. The van der Waals surface area contributed by atoms with Gasteiger partial charge in [0.2, 0.25) is 5.91 Å². The summed E-state index contributed by atoms with van der Waals surface area (Å²) < 4.78 is 23.9. The quantitative estimate of drug-likeness (QED) is 0.881. The van der Waals surface area contributed by atoms with Crippen LogP contribution in [0.4, 0.5) is 10.2 Å². The lowest BCUT2D eigenvalue weighted by molar-refractivity contribution is -0.118. The Labute approximate surface area is 133 Å². The van der Waals surface area contributed by atoms with Crippen LogP contribution in [0.1, 0.15) is 17.4 Å². The summed E-state index contributed by atoms with van der Waals surface area (Å²) in [5, 5.41) is 9.46. The molecule has 0 radical (unpaired) electrons. The number of benzene rings is 1. The number of rotatable bonds is 5. The molecule has 3 atom stereocenters. The van der Waals surface area contributed by atoms with E-state index >= 15 is 0 Å². The lowest BCUT2D eigenvalue weighted by atomic mass is 10.0. The van der Waals surface area contributed by atoms with E-state index < -0.39 is 18.3 Å². The summed E-state index contributed by atoms with van der Waals surface area (Å²) >= 11 is 0. The SMILES string of the molecule is Cc1cc(NC(=O)C(N[C@@H]2COC[C@H]2F)c2ccccc2)no1. The third kappa shape index (κ3) is 3.75. The first-order chi connectivity index (χ1) is 11.1. The van der Waals surface area contributed by atoms with E-state index in [1.54, 1.807) is 13.0 Å². The van der Waals surface area contributed by atoms with Crippen LogP contribution in [0.25, 0.3) is 0 Å². The molecule has 23 heavy (non-hydrogen) atoms. The molecule has 2 heterocycles. The predicted octanol–water partition coefficient (Wildman–Crippen LogP) is 1.99. The summed E-state index contributed by atoms with van der Waals surface area (Å²) in [5.41, 5.74) is 0.740. The van der Waals surface area contributed by atoms with Crippen molar-refractivity contribution in [1.29, 1.82) is 0 Å². The Morgan fingerprint density at radius 1 is 1.35 bits per heavy atom. The molecule has 1 unspecified atom stereocenters. The number of aromatic nitrogens is 1. The molecule has 6 nitrogen and oxygen atoms in total. The second-order valence-corrected chi connectivity index (χ2v) is 5.48. The van der Waals surface area contributed by atoms with Crippen LogP contribution < -0.4 is 10.6 Å². The molecule has 1 amide bonds. The lowest BCUT2D eigenvalue weighted by Gasteiger charge is -2.22. The van der Waals surface area contributed by atoms with E-state index in [4.69, 9.17) is 9.26 Å². The van der Waals surface area contributed by atoms with E-state index in [2.05, 4.69) is 15.8 Å². The largest absolute Gasteiger partial charge is 0.377 e.